The van der Waals surface area contributed by atoms with Crippen LogP contribution in [-0.4, -0.2) is 27.3 Å². The Hall–Kier alpha value is -3.10. The van der Waals surface area contributed by atoms with Gasteiger partial charge >= 0.3 is 6.18 Å². The zero-order valence-electron chi connectivity index (χ0n) is 14.9. The van der Waals surface area contributed by atoms with Crippen molar-refractivity contribution in [3.8, 4) is 0 Å². The second-order valence-electron chi connectivity index (χ2n) is 6.15. The molecule has 2 heterocycles. The van der Waals surface area contributed by atoms with E-state index in [0.29, 0.717) is 35.5 Å². The van der Waals surface area contributed by atoms with Crippen molar-refractivity contribution in [2.45, 2.75) is 32.0 Å². The zero-order valence-corrected chi connectivity index (χ0v) is 14.9. The van der Waals surface area contributed by atoms with E-state index in [1.807, 2.05) is 22.8 Å². The molecule has 0 aliphatic carbocycles. The number of halogens is 3. The largest absolute Gasteiger partial charge is 0.389 e. The quantitative estimate of drug-likeness (QED) is 0.268. The van der Waals surface area contributed by atoms with Crippen LogP contribution in [0, 0.1) is 0 Å². The molecule has 0 saturated carbocycles. The number of aromatic nitrogens is 3. The highest BCUT2D eigenvalue weighted by Crippen LogP contribution is 2.32. The number of azide groups is 1. The summed E-state index contributed by atoms with van der Waals surface area (Å²) in [6.07, 6.45) is -1.47. The minimum Gasteiger partial charge on any atom is -0.327 e. The Morgan fingerprint density at radius 1 is 1.21 bits per heavy atom. The maximum absolute atomic E-state index is 12.6. The van der Waals surface area contributed by atoms with Gasteiger partial charge < -0.3 is 10.3 Å². The average Bonchev–Trinajstić information content (AvgIpc) is 3.00. The number of alkyl halides is 3. The van der Waals surface area contributed by atoms with Crippen molar-refractivity contribution in [2.75, 3.05) is 6.54 Å². The van der Waals surface area contributed by atoms with E-state index >= 15 is 0 Å². The van der Waals surface area contributed by atoms with Crippen LogP contribution >= 0.6 is 0 Å². The van der Waals surface area contributed by atoms with E-state index in [9.17, 15) is 13.2 Å². The summed E-state index contributed by atoms with van der Waals surface area (Å²) < 4.78 is 39.5. The first kappa shape index (κ1) is 19.7. The minimum atomic E-state index is -4.22. The van der Waals surface area contributed by atoms with Gasteiger partial charge in [0.1, 0.15) is 11.3 Å². The summed E-state index contributed by atoms with van der Waals surface area (Å²) in [5, 5.41) is 4.41. The first-order valence-electron chi connectivity index (χ1n) is 8.69. The fourth-order valence-electron chi connectivity index (χ4n) is 3.09. The Morgan fingerprint density at radius 3 is 2.71 bits per heavy atom. The standard InChI is InChI=1S/C18H18F3N7/c19-18(20,21)9-5-8-14-25-15-16(28(14)11-4-3-10-22)12-6-1-2-7-13(12)24-17(15)26-27-23/h1-4,6-7H,5,8-11,22H2/b4-3+. The fourth-order valence-corrected chi connectivity index (χ4v) is 3.09. The highest BCUT2D eigenvalue weighted by atomic mass is 19.4. The number of aryl methyl sites for hydroxylation is 1. The van der Waals surface area contributed by atoms with E-state index in [-0.39, 0.29) is 18.7 Å². The van der Waals surface area contributed by atoms with Crippen LogP contribution in [0.1, 0.15) is 18.7 Å². The molecule has 0 atom stereocenters. The van der Waals surface area contributed by atoms with Crippen LogP contribution in [0.25, 0.3) is 32.4 Å². The molecule has 0 aliphatic rings. The molecule has 10 heteroatoms. The Morgan fingerprint density at radius 2 is 2.00 bits per heavy atom. The molecule has 146 valence electrons. The van der Waals surface area contributed by atoms with Crippen molar-refractivity contribution in [3.63, 3.8) is 0 Å². The van der Waals surface area contributed by atoms with Crippen LogP contribution in [-0.2, 0) is 13.0 Å². The number of imidazole rings is 1. The predicted molar refractivity (Wildman–Crippen MR) is 101 cm³/mol. The summed E-state index contributed by atoms with van der Waals surface area (Å²) in [6, 6.07) is 7.28. The number of pyridine rings is 1. The van der Waals surface area contributed by atoms with E-state index in [1.165, 1.54) is 0 Å². The Bertz CT molecular complexity index is 1060. The Labute approximate surface area is 158 Å². The summed E-state index contributed by atoms with van der Waals surface area (Å²) in [5.74, 6) is 0.586. The Kier molecular flexibility index (Phi) is 5.81. The molecule has 7 nitrogen and oxygen atoms in total. The van der Waals surface area contributed by atoms with Crippen LogP contribution in [0.15, 0.2) is 41.5 Å². The molecule has 0 aliphatic heterocycles. The molecule has 0 saturated heterocycles. The molecule has 2 N–H and O–H groups in total. The molecule has 0 unspecified atom stereocenters. The van der Waals surface area contributed by atoms with Gasteiger partial charge in [0, 0.05) is 36.2 Å². The van der Waals surface area contributed by atoms with Gasteiger partial charge in [-0.15, -0.1) is 0 Å². The second-order valence-corrected chi connectivity index (χ2v) is 6.15. The molecule has 3 aromatic rings. The number of nitrogens with two attached hydrogens (primary N) is 1. The lowest BCUT2D eigenvalue weighted by Crippen LogP contribution is -2.09. The van der Waals surface area contributed by atoms with Gasteiger partial charge in [-0.2, -0.15) is 13.2 Å². The number of para-hydroxylation sites is 1. The lowest BCUT2D eigenvalue weighted by atomic mass is 10.2. The van der Waals surface area contributed by atoms with Crippen LogP contribution in [0.3, 0.4) is 0 Å². The van der Waals surface area contributed by atoms with Gasteiger partial charge in [0.05, 0.1) is 11.0 Å². The van der Waals surface area contributed by atoms with E-state index in [4.69, 9.17) is 11.3 Å². The summed E-state index contributed by atoms with van der Waals surface area (Å²) in [4.78, 5) is 11.6. The summed E-state index contributed by atoms with van der Waals surface area (Å²) in [5.41, 5.74) is 16.0. The van der Waals surface area contributed by atoms with Crippen molar-refractivity contribution in [1.82, 2.24) is 14.5 Å². The van der Waals surface area contributed by atoms with Gasteiger partial charge in [-0.25, -0.2) is 9.97 Å². The Balaban J connectivity index is 2.19. The first-order valence-corrected chi connectivity index (χ1v) is 8.69. The molecule has 28 heavy (non-hydrogen) atoms. The van der Waals surface area contributed by atoms with Crippen LogP contribution in [0.4, 0.5) is 19.0 Å². The van der Waals surface area contributed by atoms with Crippen LogP contribution in [0.2, 0.25) is 0 Å². The number of benzene rings is 1. The molecule has 2 aromatic heterocycles. The fraction of sp³-hybridized carbons (Fsp3) is 0.333. The molecule has 0 radical (unpaired) electrons. The zero-order chi connectivity index (χ0) is 20.1. The third kappa shape index (κ3) is 4.24. The van der Waals surface area contributed by atoms with Gasteiger partial charge in [0.25, 0.3) is 0 Å². The van der Waals surface area contributed by atoms with Gasteiger partial charge in [-0.1, -0.05) is 30.4 Å². The molecule has 0 spiro atoms. The predicted octanol–water partition coefficient (Wildman–Crippen LogP) is 4.93. The number of allylic oxidation sites excluding steroid dienone is 1. The number of fused-ring (bicyclic) bond motifs is 3. The average molecular weight is 389 g/mol. The number of hydrogen-bond donors (Lipinski definition) is 1. The maximum atomic E-state index is 12.6. The minimum absolute atomic E-state index is 0.0877. The van der Waals surface area contributed by atoms with Crippen molar-refractivity contribution in [1.29, 1.82) is 0 Å². The van der Waals surface area contributed by atoms with Crippen LogP contribution < -0.4 is 5.73 Å². The second kappa shape index (κ2) is 8.28. The van der Waals surface area contributed by atoms with Gasteiger partial charge in [-0.05, 0) is 23.1 Å². The highest BCUT2D eigenvalue weighted by Gasteiger charge is 2.27. The molecule has 0 bridgehead atoms. The first-order chi connectivity index (χ1) is 13.4. The van der Waals surface area contributed by atoms with E-state index in [0.717, 1.165) is 5.39 Å². The van der Waals surface area contributed by atoms with Gasteiger partial charge in [-0.3, -0.25) is 0 Å². The van der Waals surface area contributed by atoms with E-state index < -0.39 is 12.6 Å². The smallest absolute Gasteiger partial charge is 0.327 e. The molecule has 3 rings (SSSR count). The molecule has 0 fully saturated rings. The van der Waals surface area contributed by atoms with Gasteiger partial charge in [0.15, 0.2) is 5.82 Å². The maximum Gasteiger partial charge on any atom is 0.389 e. The molecular formula is C18H18F3N7. The SMILES string of the molecule is [N-]=[N+]=Nc1nc2ccccc2c2c1nc(CCCC(F)(F)F)n2C/C=C/CN. The number of nitrogens with zero attached hydrogens (tertiary/aromatic N) is 6. The van der Waals surface area contributed by atoms with E-state index in [2.05, 4.69) is 20.0 Å². The molecular weight excluding hydrogens is 371 g/mol. The van der Waals surface area contributed by atoms with Gasteiger partial charge in [0.2, 0.25) is 0 Å². The van der Waals surface area contributed by atoms with Crippen LogP contribution in [0.5, 0.6) is 0 Å². The normalized spacial score (nSPS) is 12.1. The van der Waals surface area contributed by atoms with Crippen molar-refractivity contribution in [3.05, 3.63) is 52.7 Å². The van der Waals surface area contributed by atoms with Crippen molar-refractivity contribution >= 4 is 27.8 Å². The monoisotopic (exact) mass is 389 g/mol. The lowest BCUT2D eigenvalue weighted by Gasteiger charge is -2.09. The number of rotatable bonds is 7. The molecule has 1 aromatic carbocycles. The third-order valence-corrected chi connectivity index (χ3v) is 4.23. The lowest BCUT2D eigenvalue weighted by molar-refractivity contribution is -0.135. The third-order valence-electron chi connectivity index (χ3n) is 4.23. The number of hydrogen-bond acceptors (Lipinski definition) is 4. The topological polar surface area (TPSA) is 105 Å². The van der Waals surface area contributed by atoms with Crippen molar-refractivity contribution < 1.29 is 13.2 Å². The highest BCUT2D eigenvalue weighted by molar-refractivity contribution is 6.06. The van der Waals surface area contributed by atoms with Crippen molar-refractivity contribution in [2.24, 2.45) is 10.8 Å². The molecule has 0 amide bonds. The summed E-state index contributed by atoms with van der Waals surface area (Å²) in [6.45, 7) is 0.737. The van der Waals surface area contributed by atoms with E-state index in [1.54, 1.807) is 18.2 Å². The summed E-state index contributed by atoms with van der Waals surface area (Å²) >= 11 is 0. The summed E-state index contributed by atoms with van der Waals surface area (Å²) in [7, 11) is 0.